The van der Waals surface area contributed by atoms with Gasteiger partial charge in [0, 0.05) is 26.7 Å². The summed E-state index contributed by atoms with van der Waals surface area (Å²) in [6.45, 7) is 5.50. The summed E-state index contributed by atoms with van der Waals surface area (Å²) in [6.07, 6.45) is 9.71. The summed E-state index contributed by atoms with van der Waals surface area (Å²) in [6, 6.07) is 0. The van der Waals surface area contributed by atoms with E-state index in [1.54, 1.807) is 7.11 Å². The molecule has 0 aromatic carbocycles. The van der Waals surface area contributed by atoms with E-state index in [-0.39, 0.29) is 0 Å². The lowest BCUT2D eigenvalue weighted by atomic mass is 9.91. The van der Waals surface area contributed by atoms with Gasteiger partial charge in [-0.3, -0.25) is 4.99 Å². The summed E-state index contributed by atoms with van der Waals surface area (Å²) in [5.41, 5.74) is 0. The second-order valence-electron chi connectivity index (χ2n) is 5.35. The summed E-state index contributed by atoms with van der Waals surface area (Å²) in [7, 11) is 1.72. The first-order valence-corrected chi connectivity index (χ1v) is 7.88. The fourth-order valence-corrected chi connectivity index (χ4v) is 2.56. The third-order valence-electron chi connectivity index (χ3n) is 3.68. The molecule has 0 unspecified atom stereocenters. The monoisotopic (exact) mass is 269 g/mol. The molecule has 19 heavy (non-hydrogen) atoms. The maximum atomic E-state index is 5.05. The van der Waals surface area contributed by atoms with Crippen molar-refractivity contribution in [1.82, 2.24) is 10.6 Å². The van der Waals surface area contributed by atoms with Gasteiger partial charge in [0.2, 0.25) is 0 Å². The number of guanidine groups is 1. The van der Waals surface area contributed by atoms with Gasteiger partial charge in [-0.05, 0) is 25.7 Å². The van der Waals surface area contributed by atoms with Crippen LogP contribution in [0.2, 0.25) is 0 Å². The molecule has 1 aliphatic carbocycles. The Labute approximate surface area is 118 Å². The molecule has 1 fully saturated rings. The van der Waals surface area contributed by atoms with Crippen LogP contribution in [0.25, 0.3) is 0 Å². The lowest BCUT2D eigenvalue weighted by Crippen LogP contribution is -2.39. The van der Waals surface area contributed by atoms with Crippen LogP contribution in [0.15, 0.2) is 4.99 Å². The van der Waals surface area contributed by atoms with Crippen molar-refractivity contribution >= 4 is 5.96 Å². The minimum absolute atomic E-state index is 0.716. The van der Waals surface area contributed by atoms with Crippen molar-refractivity contribution in [2.75, 3.05) is 33.4 Å². The molecule has 112 valence electrons. The van der Waals surface area contributed by atoms with Crippen LogP contribution in [0.3, 0.4) is 0 Å². The smallest absolute Gasteiger partial charge is 0.191 e. The summed E-state index contributed by atoms with van der Waals surface area (Å²) >= 11 is 0. The van der Waals surface area contributed by atoms with Crippen LogP contribution in [-0.4, -0.2) is 39.3 Å². The highest BCUT2D eigenvalue weighted by atomic mass is 16.5. The third kappa shape index (κ3) is 8.09. The first kappa shape index (κ1) is 16.3. The molecule has 0 aromatic heterocycles. The van der Waals surface area contributed by atoms with Gasteiger partial charge in [0.15, 0.2) is 5.96 Å². The van der Waals surface area contributed by atoms with Crippen LogP contribution in [-0.2, 0) is 4.74 Å². The van der Waals surface area contributed by atoms with Gasteiger partial charge in [-0.25, -0.2) is 0 Å². The Morgan fingerprint density at radius 3 is 2.42 bits per heavy atom. The summed E-state index contributed by atoms with van der Waals surface area (Å²) in [5.74, 6) is 1.71. The molecule has 2 N–H and O–H groups in total. The molecule has 1 aliphatic rings. The maximum Gasteiger partial charge on any atom is 0.191 e. The number of rotatable bonds is 6. The van der Waals surface area contributed by atoms with Crippen LogP contribution in [0.1, 0.15) is 51.9 Å². The van der Waals surface area contributed by atoms with Gasteiger partial charge in [-0.1, -0.05) is 32.1 Å². The van der Waals surface area contributed by atoms with Crippen molar-refractivity contribution in [2.24, 2.45) is 10.9 Å². The second-order valence-corrected chi connectivity index (χ2v) is 5.35. The molecule has 0 aromatic rings. The highest BCUT2D eigenvalue weighted by molar-refractivity contribution is 5.79. The zero-order valence-electron chi connectivity index (χ0n) is 12.7. The van der Waals surface area contributed by atoms with Gasteiger partial charge in [-0.15, -0.1) is 0 Å². The number of nitrogens with one attached hydrogen (secondary N) is 2. The van der Waals surface area contributed by atoms with Gasteiger partial charge >= 0.3 is 0 Å². The third-order valence-corrected chi connectivity index (χ3v) is 3.68. The molecule has 1 saturated carbocycles. The van der Waals surface area contributed by atoms with E-state index < -0.39 is 0 Å². The van der Waals surface area contributed by atoms with E-state index in [9.17, 15) is 0 Å². The van der Waals surface area contributed by atoms with Crippen molar-refractivity contribution in [1.29, 1.82) is 0 Å². The van der Waals surface area contributed by atoms with E-state index in [0.717, 1.165) is 31.5 Å². The Balaban J connectivity index is 2.33. The average molecular weight is 269 g/mol. The van der Waals surface area contributed by atoms with Gasteiger partial charge in [-0.2, -0.15) is 0 Å². The Bertz CT molecular complexity index is 236. The summed E-state index contributed by atoms with van der Waals surface area (Å²) in [5, 5.41) is 6.60. The standard InChI is InChI=1S/C15H31N3O/c1-3-16-15(17-11-12-19-2)18-13-14-9-7-5-4-6-8-10-14/h14H,3-13H2,1-2H3,(H2,16,17,18). The maximum absolute atomic E-state index is 5.05. The molecule has 0 spiro atoms. The molecule has 0 saturated heterocycles. The second kappa shape index (κ2) is 11.1. The van der Waals surface area contributed by atoms with Gasteiger partial charge in [0.1, 0.15) is 0 Å². The summed E-state index contributed by atoms with van der Waals surface area (Å²) < 4.78 is 5.05. The number of ether oxygens (including phenoxy) is 1. The quantitative estimate of drug-likeness (QED) is 0.442. The van der Waals surface area contributed by atoms with Crippen LogP contribution in [0, 0.1) is 5.92 Å². The Kier molecular flexibility index (Phi) is 9.51. The highest BCUT2D eigenvalue weighted by Crippen LogP contribution is 2.22. The number of methoxy groups -OCH3 is 1. The Morgan fingerprint density at radius 1 is 1.11 bits per heavy atom. The first-order valence-electron chi connectivity index (χ1n) is 7.88. The lowest BCUT2D eigenvalue weighted by molar-refractivity contribution is 0.203. The molecule has 0 aliphatic heterocycles. The fraction of sp³-hybridized carbons (Fsp3) is 0.933. The van der Waals surface area contributed by atoms with Gasteiger partial charge < -0.3 is 15.4 Å². The predicted octanol–water partition coefficient (Wildman–Crippen LogP) is 2.55. The van der Waals surface area contributed by atoms with Crippen LogP contribution in [0.4, 0.5) is 0 Å². The average Bonchev–Trinajstić information content (AvgIpc) is 2.37. The SMILES string of the molecule is CCNC(=NCC1CCCCCCC1)NCCOC. The molecule has 0 radical (unpaired) electrons. The van der Waals surface area contributed by atoms with E-state index in [2.05, 4.69) is 17.6 Å². The van der Waals surface area contributed by atoms with E-state index in [1.165, 1.54) is 44.9 Å². The normalized spacial score (nSPS) is 18.7. The number of nitrogens with zero attached hydrogens (tertiary/aromatic N) is 1. The largest absolute Gasteiger partial charge is 0.383 e. The van der Waals surface area contributed by atoms with Gasteiger partial charge in [0.25, 0.3) is 0 Å². The van der Waals surface area contributed by atoms with Crippen molar-refractivity contribution in [3.05, 3.63) is 0 Å². The van der Waals surface area contributed by atoms with Crippen LogP contribution < -0.4 is 10.6 Å². The fourth-order valence-electron chi connectivity index (χ4n) is 2.56. The minimum atomic E-state index is 0.716. The van der Waals surface area contributed by atoms with Gasteiger partial charge in [0.05, 0.1) is 6.61 Å². The Hall–Kier alpha value is -0.770. The lowest BCUT2D eigenvalue weighted by Gasteiger charge is -2.18. The van der Waals surface area contributed by atoms with E-state index in [1.807, 2.05) is 0 Å². The zero-order valence-corrected chi connectivity index (χ0v) is 12.7. The van der Waals surface area contributed by atoms with E-state index >= 15 is 0 Å². The van der Waals surface area contributed by atoms with Crippen molar-refractivity contribution in [2.45, 2.75) is 51.9 Å². The zero-order chi connectivity index (χ0) is 13.8. The van der Waals surface area contributed by atoms with E-state index in [4.69, 9.17) is 9.73 Å². The predicted molar refractivity (Wildman–Crippen MR) is 81.7 cm³/mol. The van der Waals surface area contributed by atoms with Crippen LogP contribution in [0.5, 0.6) is 0 Å². The minimum Gasteiger partial charge on any atom is -0.383 e. The molecule has 4 heteroatoms. The molecule has 1 rings (SSSR count). The molecular formula is C15H31N3O. The topological polar surface area (TPSA) is 45.7 Å². The molecule has 0 heterocycles. The molecule has 0 amide bonds. The molecular weight excluding hydrogens is 238 g/mol. The number of hydrogen-bond acceptors (Lipinski definition) is 2. The molecule has 0 bridgehead atoms. The van der Waals surface area contributed by atoms with E-state index in [0.29, 0.717) is 6.61 Å². The highest BCUT2D eigenvalue weighted by Gasteiger charge is 2.11. The number of aliphatic imine (C=N–C) groups is 1. The van der Waals surface area contributed by atoms with Crippen molar-refractivity contribution in [3.63, 3.8) is 0 Å². The van der Waals surface area contributed by atoms with Crippen molar-refractivity contribution in [3.8, 4) is 0 Å². The van der Waals surface area contributed by atoms with Crippen LogP contribution >= 0.6 is 0 Å². The van der Waals surface area contributed by atoms with Crippen molar-refractivity contribution < 1.29 is 4.74 Å². The summed E-state index contributed by atoms with van der Waals surface area (Å²) in [4.78, 5) is 4.72. The molecule has 0 atom stereocenters. The molecule has 4 nitrogen and oxygen atoms in total. The number of hydrogen-bond donors (Lipinski definition) is 2. The first-order chi connectivity index (χ1) is 9.36. The Morgan fingerprint density at radius 2 is 1.79 bits per heavy atom.